The van der Waals surface area contributed by atoms with Gasteiger partial charge in [0.1, 0.15) is 5.60 Å². The highest BCUT2D eigenvalue weighted by Gasteiger charge is 2.45. The fourth-order valence-corrected chi connectivity index (χ4v) is 7.06. The number of carbonyl (C=O) groups excluding carboxylic acids is 1. The lowest BCUT2D eigenvalue weighted by Crippen LogP contribution is -2.43. The molecule has 2 nitrogen and oxygen atoms in total. The van der Waals surface area contributed by atoms with Crippen molar-refractivity contribution in [3.05, 3.63) is 23.8 Å². The average molecular weight is 470 g/mol. The van der Waals surface area contributed by atoms with Gasteiger partial charge < -0.3 is 4.74 Å². The summed E-state index contributed by atoms with van der Waals surface area (Å²) in [5.41, 5.74) is 1.57. The largest absolute Gasteiger partial charge is 0.459 e. The first-order valence-corrected chi connectivity index (χ1v) is 13.1. The van der Waals surface area contributed by atoms with Gasteiger partial charge in [0.05, 0.1) is 0 Å². The second kappa shape index (κ2) is 7.89. The number of halogens is 1. The van der Waals surface area contributed by atoms with Crippen molar-refractivity contribution in [1.29, 1.82) is 0 Å². The molecule has 0 aromatic rings. The van der Waals surface area contributed by atoms with Crippen molar-refractivity contribution < 1.29 is 9.53 Å². The van der Waals surface area contributed by atoms with E-state index in [-0.39, 0.29) is 37.7 Å². The molecule has 1 fully saturated rings. The van der Waals surface area contributed by atoms with Gasteiger partial charge in [-0.05, 0) is 74.2 Å². The minimum Gasteiger partial charge on any atom is -0.459 e. The summed E-state index contributed by atoms with van der Waals surface area (Å²) >= 11 is 0.0443. The Morgan fingerprint density at radius 1 is 1.38 bits per heavy atom. The van der Waals surface area contributed by atoms with Crippen molar-refractivity contribution in [3.63, 3.8) is 0 Å². The Balaban J connectivity index is 1.80. The van der Waals surface area contributed by atoms with Crippen LogP contribution >= 0.6 is 20.7 Å². The average Bonchev–Trinajstić information content (AvgIpc) is 2.57. The molecule has 3 rings (SSSR count). The normalized spacial score (nSPS) is 42.8. The van der Waals surface area contributed by atoms with Crippen molar-refractivity contribution in [3.8, 4) is 0 Å². The van der Waals surface area contributed by atoms with E-state index in [9.17, 15) is 4.79 Å². The number of allylic oxidation sites excluding steroid dienone is 4. The number of rotatable bonds is 5. The molecular weight excluding hydrogens is 435 g/mol. The van der Waals surface area contributed by atoms with Gasteiger partial charge in [-0.3, -0.25) is 4.79 Å². The maximum absolute atomic E-state index is 12.0. The summed E-state index contributed by atoms with van der Waals surface area (Å²) in [6, 6.07) is 0. The summed E-state index contributed by atoms with van der Waals surface area (Å²) in [5.74, 6) is 1.73. The van der Waals surface area contributed by atoms with E-state index in [0.29, 0.717) is 24.2 Å². The van der Waals surface area contributed by atoms with Crippen molar-refractivity contribution in [1.82, 2.24) is 0 Å². The van der Waals surface area contributed by atoms with Gasteiger partial charge in [-0.2, -0.15) is 0 Å². The van der Waals surface area contributed by atoms with Crippen LogP contribution in [0.1, 0.15) is 72.6 Å². The third kappa shape index (κ3) is 4.02. The summed E-state index contributed by atoms with van der Waals surface area (Å²) in [6.45, 7) is 9.15. The van der Waals surface area contributed by atoms with Gasteiger partial charge in [-0.15, -0.1) is 20.7 Å². The van der Waals surface area contributed by atoms with Gasteiger partial charge in [0, 0.05) is 10.3 Å². The zero-order valence-electron chi connectivity index (χ0n) is 16.9. The summed E-state index contributed by atoms with van der Waals surface area (Å²) in [4.78, 5) is 12.0. The van der Waals surface area contributed by atoms with Crippen LogP contribution in [0.2, 0.25) is 0 Å². The van der Waals surface area contributed by atoms with Crippen molar-refractivity contribution in [2.45, 2.75) is 82.2 Å². The molecule has 26 heavy (non-hydrogen) atoms. The molecule has 0 saturated carbocycles. The van der Waals surface area contributed by atoms with Crippen molar-refractivity contribution >= 4 is 31.2 Å². The Labute approximate surface area is 169 Å². The van der Waals surface area contributed by atoms with E-state index in [1.807, 2.05) is 0 Å². The van der Waals surface area contributed by atoms with E-state index < -0.39 is 0 Å². The van der Waals surface area contributed by atoms with Gasteiger partial charge in [0.15, 0.2) is 0 Å². The molecular formula is C23H35IO2. The molecule has 1 saturated heterocycles. The topological polar surface area (TPSA) is 26.3 Å². The SMILES string of the molecule is C=I[C@H]1C=C2C=C[C@H](CC)C(CC[C@]3(C)C[C@@H](C)CC(=O)O3)[C@@]2(C)CC1. The first-order chi connectivity index (χ1) is 12.3. The molecule has 0 bridgehead atoms. The lowest BCUT2D eigenvalue weighted by atomic mass is 9.57. The smallest absolute Gasteiger partial charge is 0.306 e. The number of hydrogen-bond acceptors (Lipinski definition) is 2. The first kappa shape index (κ1) is 20.3. The lowest BCUT2D eigenvalue weighted by molar-refractivity contribution is -0.170. The van der Waals surface area contributed by atoms with E-state index in [0.717, 1.165) is 23.2 Å². The van der Waals surface area contributed by atoms with E-state index in [1.165, 1.54) is 19.3 Å². The van der Waals surface area contributed by atoms with Crippen LogP contribution in [-0.4, -0.2) is 20.0 Å². The number of fused-ring (bicyclic) bond motifs is 1. The van der Waals surface area contributed by atoms with Gasteiger partial charge in [0.2, 0.25) is 0 Å². The van der Waals surface area contributed by atoms with Crippen LogP contribution in [-0.2, 0) is 9.53 Å². The Kier molecular flexibility index (Phi) is 6.15. The molecule has 3 aliphatic rings. The third-order valence-corrected chi connectivity index (χ3v) is 9.24. The van der Waals surface area contributed by atoms with Gasteiger partial charge in [-0.25, -0.2) is 0 Å². The summed E-state index contributed by atoms with van der Waals surface area (Å²) in [5, 5.41) is 0. The van der Waals surface area contributed by atoms with Crippen LogP contribution < -0.4 is 0 Å². The molecule has 0 radical (unpaired) electrons. The monoisotopic (exact) mass is 470 g/mol. The van der Waals surface area contributed by atoms with Crippen LogP contribution in [0.15, 0.2) is 23.8 Å². The summed E-state index contributed by atoms with van der Waals surface area (Å²) in [7, 11) is 0. The number of alkyl halides is 1. The molecule has 0 N–H and O–H groups in total. The Bertz CT molecular complexity index is 622. The number of carbonyl (C=O) groups is 1. The van der Waals surface area contributed by atoms with Crippen LogP contribution in [0.5, 0.6) is 0 Å². The van der Waals surface area contributed by atoms with Crippen molar-refractivity contribution in [2.24, 2.45) is 23.2 Å². The lowest BCUT2D eigenvalue weighted by Gasteiger charge is -2.49. The standard InChI is InChI=1S/C23H35IO2/c1-6-17-7-8-18-14-19(24-5)9-12-23(18,4)20(17)10-11-22(3)15-16(2)13-21(25)26-22/h7-8,14,16-17,19-20H,5-6,9-13,15H2,1-4H3/t16-,17-,19+,20?,22+,23-/m0/s1. The van der Waals surface area contributed by atoms with Crippen LogP contribution in [0, 0.1) is 23.2 Å². The fourth-order valence-electron chi connectivity index (χ4n) is 5.67. The van der Waals surface area contributed by atoms with E-state index in [2.05, 4.69) is 50.4 Å². The predicted octanol–water partition coefficient (Wildman–Crippen LogP) is 6.21. The number of cyclic esters (lactones) is 1. The molecule has 1 unspecified atom stereocenters. The molecule has 146 valence electrons. The molecule has 2 aliphatic carbocycles. The molecule has 6 atom stereocenters. The zero-order valence-corrected chi connectivity index (χ0v) is 19.1. The Morgan fingerprint density at radius 3 is 2.81 bits per heavy atom. The van der Waals surface area contributed by atoms with Gasteiger partial charge >= 0.3 is 5.97 Å². The van der Waals surface area contributed by atoms with Gasteiger partial charge in [0.25, 0.3) is 0 Å². The maximum Gasteiger partial charge on any atom is 0.306 e. The maximum atomic E-state index is 12.0. The van der Waals surface area contributed by atoms with Crippen LogP contribution in [0.4, 0.5) is 0 Å². The first-order valence-electron chi connectivity index (χ1n) is 10.3. The Hall–Kier alpha value is -0.450. The quantitative estimate of drug-likeness (QED) is 0.271. The molecule has 0 aromatic carbocycles. The second-order valence-electron chi connectivity index (χ2n) is 9.26. The highest BCUT2D eigenvalue weighted by molar-refractivity contribution is 14.2. The van der Waals surface area contributed by atoms with Crippen LogP contribution in [0.3, 0.4) is 0 Å². The molecule has 0 spiro atoms. The number of hydrogen-bond donors (Lipinski definition) is 0. The highest BCUT2D eigenvalue weighted by atomic mass is 127. The Morgan fingerprint density at radius 2 is 2.15 bits per heavy atom. The molecule has 1 heterocycles. The fraction of sp³-hybridized carbons (Fsp3) is 0.739. The number of esters is 1. The molecule has 3 heteroatoms. The minimum absolute atomic E-state index is 0.00601. The third-order valence-electron chi connectivity index (χ3n) is 7.13. The van der Waals surface area contributed by atoms with E-state index in [1.54, 1.807) is 5.57 Å². The molecule has 0 amide bonds. The zero-order chi connectivity index (χ0) is 18.9. The van der Waals surface area contributed by atoms with Crippen molar-refractivity contribution in [2.75, 3.05) is 0 Å². The highest BCUT2D eigenvalue weighted by Crippen LogP contribution is 2.54. The number of ether oxygens (including phenoxy) is 1. The van der Waals surface area contributed by atoms with E-state index >= 15 is 0 Å². The van der Waals surface area contributed by atoms with E-state index in [4.69, 9.17) is 4.74 Å². The molecule has 0 aromatic heterocycles. The minimum atomic E-state index is -0.273. The van der Waals surface area contributed by atoms with Crippen LogP contribution in [0.25, 0.3) is 0 Å². The van der Waals surface area contributed by atoms with Gasteiger partial charge in [-0.1, -0.05) is 43.5 Å². The summed E-state index contributed by atoms with van der Waals surface area (Å²) in [6.07, 6.45) is 14.9. The summed E-state index contributed by atoms with van der Waals surface area (Å²) < 4.78 is 10.8. The molecule has 1 aliphatic heterocycles. The predicted molar refractivity (Wildman–Crippen MR) is 119 cm³/mol. The second-order valence-corrected chi connectivity index (χ2v) is 11.7.